The molecule has 2 aromatic rings. The summed E-state index contributed by atoms with van der Waals surface area (Å²) >= 11 is 3.42. The Morgan fingerprint density at radius 1 is 1.20 bits per heavy atom. The first-order valence-electron chi connectivity index (χ1n) is 6.63. The zero-order valence-corrected chi connectivity index (χ0v) is 13.4. The van der Waals surface area contributed by atoms with Crippen molar-refractivity contribution in [3.63, 3.8) is 0 Å². The van der Waals surface area contributed by atoms with E-state index in [1.165, 1.54) is 0 Å². The Morgan fingerprint density at radius 2 is 1.90 bits per heavy atom. The predicted octanol–water partition coefficient (Wildman–Crippen LogP) is 4.50. The highest BCUT2D eigenvalue weighted by atomic mass is 79.9. The summed E-state index contributed by atoms with van der Waals surface area (Å²) < 4.78 is 6.20. The van der Waals surface area contributed by atoms with Crippen LogP contribution in [0, 0.1) is 0 Å². The third kappa shape index (κ3) is 3.93. The molecule has 5 heteroatoms. The number of hydrogen-bond acceptors (Lipinski definition) is 4. The monoisotopic (exact) mass is 335 g/mol. The molecule has 0 saturated heterocycles. The lowest BCUT2D eigenvalue weighted by molar-refractivity contribution is 0.340. The maximum atomic E-state index is 5.42. The molecule has 0 spiro atoms. The minimum atomic E-state index is 0.286. The SMILES string of the molecule is CCOc1ccc(Nc2cc(Br)nc(C(C)C)n2)cc1. The first-order valence-corrected chi connectivity index (χ1v) is 7.42. The molecule has 2 rings (SSSR count). The molecule has 1 heterocycles. The second-order valence-electron chi connectivity index (χ2n) is 4.67. The Morgan fingerprint density at radius 3 is 2.50 bits per heavy atom. The van der Waals surface area contributed by atoms with Gasteiger partial charge >= 0.3 is 0 Å². The molecule has 0 atom stereocenters. The molecule has 0 amide bonds. The summed E-state index contributed by atoms with van der Waals surface area (Å²) in [4.78, 5) is 8.86. The number of ether oxygens (including phenoxy) is 1. The van der Waals surface area contributed by atoms with Gasteiger partial charge in [0, 0.05) is 17.7 Å². The van der Waals surface area contributed by atoms with Gasteiger partial charge in [0.25, 0.3) is 0 Å². The number of benzene rings is 1. The van der Waals surface area contributed by atoms with Crippen LogP contribution in [0.2, 0.25) is 0 Å². The van der Waals surface area contributed by atoms with Crippen molar-refractivity contribution >= 4 is 27.4 Å². The molecule has 0 aliphatic carbocycles. The summed E-state index contributed by atoms with van der Waals surface area (Å²) in [7, 11) is 0. The van der Waals surface area contributed by atoms with Gasteiger partial charge in [-0.15, -0.1) is 0 Å². The zero-order valence-electron chi connectivity index (χ0n) is 11.9. The predicted molar refractivity (Wildman–Crippen MR) is 84.7 cm³/mol. The van der Waals surface area contributed by atoms with Crippen molar-refractivity contribution in [3.8, 4) is 5.75 Å². The minimum Gasteiger partial charge on any atom is -0.494 e. The van der Waals surface area contributed by atoms with E-state index in [1.807, 2.05) is 37.3 Å². The lowest BCUT2D eigenvalue weighted by atomic mass is 10.2. The van der Waals surface area contributed by atoms with Gasteiger partial charge in [-0.1, -0.05) is 13.8 Å². The standard InChI is InChI=1S/C15H18BrN3O/c1-4-20-12-7-5-11(6-8-12)17-14-9-13(16)18-15(19-14)10(2)3/h5-10H,4H2,1-3H3,(H,17,18,19). The maximum absolute atomic E-state index is 5.42. The number of aromatic nitrogens is 2. The van der Waals surface area contributed by atoms with Crippen molar-refractivity contribution in [2.24, 2.45) is 0 Å². The minimum absolute atomic E-state index is 0.286. The average Bonchev–Trinajstić information content (AvgIpc) is 2.40. The molecule has 4 nitrogen and oxygen atoms in total. The van der Waals surface area contributed by atoms with Crippen LogP contribution in [0.1, 0.15) is 32.5 Å². The second-order valence-corrected chi connectivity index (χ2v) is 5.48. The topological polar surface area (TPSA) is 47.0 Å². The quantitative estimate of drug-likeness (QED) is 0.817. The van der Waals surface area contributed by atoms with E-state index in [9.17, 15) is 0 Å². The van der Waals surface area contributed by atoms with Crippen molar-refractivity contribution in [2.45, 2.75) is 26.7 Å². The van der Waals surface area contributed by atoms with Crippen molar-refractivity contribution in [1.29, 1.82) is 0 Å². The molecule has 0 aliphatic heterocycles. The molecule has 0 bridgehead atoms. The van der Waals surface area contributed by atoms with Crippen LogP contribution in [0.3, 0.4) is 0 Å². The summed E-state index contributed by atoms with van der Waals surface area (Å²) in [5.74, 6) is 2.74. The number of halogens is 1. The van der Waals surface area contributed by atoms with Crippen LogP contribution < -0.4 is 10.1 Å². The van der Waals surface area contributed by atoms with Gasteiger partial charge < -0.3 is 10.1 Å². The van der Waals surface area contributed by atoms with Gasteiger partial charge in [-0.25, -0.2) is 9.97 Å². The van der Waals surface area contributed by atoms with Gasteiger partial charge in [0.15, 0.2) is 0 Å². The van der Waals surface area contributed by atoms with Gasteiger partial charge in [-0.05, 0) is 47.1 Å². The lowest BCUT2D eigenvalue weighted by Crippen LogP contribution is -2.02. The summed E-state index contributed by atoms with van der Waals surface area (Å²) in [5.41, 5.74) is 0.966. The highest BCUT2D eigenvalue weighted by Crippen LogP contribution is 2.22. The van der Waals surface area contributed by atoms with E-state index in [1.54, 1.807) is 0 Å². The van der Waals surface area contributed by atoms with E-state index in [-0.39, 0.29) is 5.92 Å². The summed E-state index contributed by atoms with van der Waals surface area (Å²) in [6.45, 7) is 6.78. The van der Waals surface area contributed by atoms with Crippen LogP contribution in [0.15, 0.2) is 34.9 Å². The Labute approximate surface area is 127 Å². The van der Waals surface area contributed by atoms with Crippen molar-refractivity contribution in [2.75, 3.05) is 11.9 Å². The highest BCUT2D eigenvalue weighted by molar-refractivity contribution is 9.10. The van der Waals surface area contributed by atoms with Gasteiger partial charge in [-0.3, -0.25) is 0 Å². The molecular weight excluding hydrogens is 318 g/mol. The molecule has 0 aliphatic rings. The van der Waals surface area contributed by atoms with E-state index >= 15 is 0 Å². The fourth-order valence-corrected chi connectivity index (χ4v) is 2.10. The van der Waals surface area contributed by atoms with E-state index < -0.39 is 0 Å². The maximum Gasteiger partial charge on any atom is 0.135 e. The van der Waals surface area contributed by atoms with Gasteiger partial charge in [-0.2, -0.15) is 0 Å². The smallest absolute Gasteiger partial charge is 0.135 e. The van der Waals surface area contributed by atoms with Crippen LogP contribution in [0.5, 0.6) is 5.75 Å². The van der Waals surface area contributed by atoms with Crippen molar-refractivity contribution in [3.05, 3.63) is 40.8 Å². The summed E-state index contributed by atoms with van der Waals surface area (Å²) in [5, 5.41) is 3.27. The Bertz CT molecular complexity index is 570. The van der Waals surface area contributed by atoms with Gasteiger partial charge in [0.2, 0.25) is 0 Å². The molecule has 1 aromatic carbocycles. The van der Waals surface area contributed by atoms with Crippen LogP contribution in [-0.2, 0) is 0 Å². The first-order chi connectivity index (χ1) is 9.58. The van der Waals surface area contributed by atoms with Crippen LogP contribution in [0.4, 0.5) is 11.5 Å². The third-order valence-electron chi connectivity index (χ3n) is 2.67. The molecule has 20 heavy (non-hydrogen) atoms. The van der Waals surface area contributed by atoms with Gasteiger partial charge in [0.1, 0.15) is 22.0 Å². The first kappa shape index (κ1) is 14.8. The lowest BCUT2D eigenvalue weighted by Gasteiger charge is -2.10. The number of hydrogen-bond donors (Lipinski definition) is 1. The number of anilines is 2. The zero-order chi connectivity index (χ0) is 14.5. The Kier molecular flexibility index (Phi) is 4.95. The summed E-state index contributed by atoms with van der Waals surface area (Å²) in [6.07, 6.45) is 0. The molecule has 0 radical (unpaired) electrons. The second kappa shape index (κ2) is 6.70. The Balaban J connectivity index is 2.16. The molecule has 1 aromatic heterocycles. The third-order valence-corrected chi connectivity index (χ3v) is 3.07. The average molecular weight is 336 g/mol. The largest absolute Gasteiger partial charge is 0.494 e. The van der Waals surface area contributed by atoms with Crippen LogP contribution in [-0.4, -0.2) is 16.6 Å². The number of nitrogens with one attached hydrogen (secondary N) is 1. The van der Waals surface area contributed by atoms with Crippen LogP contribution >= 0.6 is 15.9 Å². The molecule has 0 unspecified atom stereocenters. The molecule has 0 saturated carbocycles. The van der Waals surface area contributed by atoms with E-state index in [0.29, 0.717) is 6.61 Å². The molecule has 106 valence electrons. The fourth-order valence-electron chi connectivity index (χ4n) is 1.71. The molecule has 1 N–H and O–H groups in total. The van der Waals surface area contributed by atoms with Crippen molar-refractivity contribution in [1.82, 2.24) is 9.97 Å². The highest BCUT2D eigenvalue weighted by Gasteiger charge is 2.07. The van der Waals surface area contributed by atoms with Crippen molar-refractivity contribution < 1.29 is 4.74 Å². The number of nitrogens with zero attached hydrogens (tertiary/aromatic N) is 2. The molecular formula is C15H18BrN3O. The normalized spacial score (nSPS) is 10.7. The molecule has 0 fully saturated rings. The number of rotatable bonds is 5. The van der Waals surface area contributed by atoms with Crippen LogP contribution in [0.25, 0.3) is 0 Å². The summed E-state index contributed by atoms with van der Waals surface area (Å²) in [6, 6.07) is 9.67. The van der Waals surface area contributed by atoms with E-state index in [4.69, 9.17) is 4.74 Å². The fraction of sp³-hybridized carbons (Fsp3) is 0.333. The van der Waals surface area contributed by atoms with E-state index in [2.05, 4.69) is 45.1 Å². The van der Waals surface area contributed by atoms with Gasteiger partial charge in [0.05, 0.1) is 6.61 Å². The van der Waals surface area contributed by atoms with E-state index in [0.717, 1.165) is 27.7 Å². The Hall–Kier alpha value is -1.62.